The van der Waals surface area contributed by atoms with E-state index >= 15 is 0 Å². The van der Waals surface area contributed by atoms with Gasteiger partial charge in [0.1, 0.15) is 0 Å². The largest absolute Gasteiger partial charge is 0.384 e. The predicted molar refractivity (Wildman–Crippen MR) is 72.3 cm³/mol. The smallest absolute Gasteiger partial charge is 0.0372 e. The van der Waals surface area contributed by atoms with E-state index in [1.807, 2.05) is 0 Å². The van der Waals surface area contributed by atoms with Gasteiger partial charge < -0.3 is 10.6 Å². The van der Waals surface area contributed by atoms with Crippen LogP contribution < -0.4 is 10.6 Å². The normalized spacial score (nSPS) is 24.9. The van der Waals surface area contributed by atoms with Crippen molar-refractivity contribution in [1.82, 2.24) is 5.32 Å². The van der Waals surface area contributed by atoms with Crippen molar-refractivity contribution >= 4 is 5.69 Å². The van der Waals surface area contributed by atoms with E-state index in [0.717, 1.165) is 19.0 Å². The first kappa shape index (κ1) is 11.1. The highest BCUT2D eigenvalue weighted by Crippen LogP contribution is 2.44. The second kappa shape index (κ2) is 4.34. The summed E-state index contributed by atoms with van der Waals surface area (Å²) in [6.45, 7) is 5.84. The van der Waals surface area contributed by atoms with Gasteiger partial charge in [-0.3, -0.25) is 0 Å². The molecule has 1 aromatic carbocycles. The first-order valence-corrected chi connectivity index (χ1v) is 6.78. The lowest BCUT2D eigenvalue weighted by atomic mass is 9.94. The number of nitrogens with one attached hydrogen (secondary N) is 2. The standard InChI is InChI=1S/C15H22N2/c1-15(6-7-15)11-16-9-12-8-13-4-2-3-5-14(13)17-10-12/h2-5,12,16-17H,6-11H2,1H3. The summed E-state index contributed by atoms with van der Waals surface area (Å²) in [5.74, 6) is 0.743. The molecule has 17 heavy (non-hydrogen) atoms. The fraction of sp³-hybridized carbons (Fsp3) is 0.600. The SMILES string of the molecule is CC1(CNCC2CNc3ccccc3C2)CC1. The molecule has 1 fully saturated rings. The fourth-order valence-corrected chi connectivity index (χ4v) is 2.62. The number of para-hydroxylation sites is 1. The highest BCUT2D eigenvalue weighted by atomic mass is 14.9. The van der Waals surface area contributed by atoms with Crippen molar-refractivity contribution in [2.45, 2.75) is 26.2 Å². The third kappa shape index (κ3) is 2.63. The van der Waals surface area contributed by atoms with Crippen molar-refractivity contribution in [2.24, 2.45) is 11.3 Å². The summed E-state index contributed by atoms with van der Waals surface area (Å²) in [5.41, 5.74) is 3.43. The van der Waals surface area contributed by atoms with E-state index < -0.39 is 0 Å². The molecule has 1 unspecified atom stereocenters. The third-order valence-electron chi connectivity index (χ3n) is 4.20. The summed E-state index contributed by atoms with van der Waals surface area (Å²) in [7, 11) is 0. The molecule has 2 heteroatoms. The summed E-state index contributed by atoms with van der Waals surface area (Å²) in [5, 5.41) is 7.18. The van der Waals surface area contributed by atoms with Gasteiger partial charge in [-0.2, -0.15) is 0 Å². The van der Waals surface area contributed by atoms with Crippen LogP contribution in [0.4, 0.5) is 5.69 Å². The van der Waals surface area contributed by atoms with Gasteiger partial charge in [0.05, 0.1) is 0 Å². The molecule has 2 nitrogen and oxygen atoms in total. The van der Waals surface area contributed by atoms with Gasteiger partial charge in [-0.1, -0.05) is 25.1 Å². The Hall–Kier alpha value is -1.02. The van der Waals surface area contributed by atoms with Crippen LogP contribution in [0.3, 0.4) is 0 Å². The maximum atomic E-state index is 3.65. The van der Waals surface area contributed by atoms with Crippen LogP contribution in [0.15, 0.2) is 24.3 Å². The van der Waals surface area contributed by atoms with Crippen LogP contribution in [0, 0.1) is 11.3 Å². The van der Waals surface area contributed by atoms with Crippen LogP contribution in [0.5, 0.6) is 0 Å². The van der Waals surface area contributed by atoms with Crippen LogP contribution in [-0.4, -0.2) is 19.6 Å². The molecule has 0 radical (unpaired) electrons. The zero-order valence-corrected chi connectivity index (χ0v) is 10.6. The average Bonchev–Trinajstić information content (AvgIpc) is 3.07. The second-order valence-electron chi connectivity index (χ2n) is 6.05. The Morgan fingerprint density at radius 2 is 2.18 bits per heavy atom. The van der Waals surface area contributed by atoms with Gasteiger partial charge >= 0.3 is 0 Å². The Kier molecular flexibility index (Phi) is 2.83. The van der Waals surface area contributed by atoms with E-state index in [-0.39, 0.29) is 0 Å². The minimum Gasteiger partial charge on any atom is -0.384 e. The molecule has 0 saturated heterocycles. The third-order valence-corrected chi connectivity index (χ3v) is 4.20. The van der Waals surface area contributed by atoms with Gasteiger partial charge in [-0.15, -0.1) is 0 Å². The summed E-state index contributed by atoms with van der Waals surface area (Å²) in [6, 6.07) is 8.68. The molecule has 2 N–H and O–H groups in total. The summed E-state index contributed by atoms with van der Waals surface area (Å²) in [6.07, 6.45) is 4.03. The molecule has 1 aromatic rings. The number of anilines is 1. The van der Waals surface area contributed by atoms with E-state index in [9.17, 15) is 0 Å². The predicted octanol–water partition coefficient (Wildman–Crippen LogP) is 2.66. The van der Waals surface area contributed by atoms with Gasteiger partial charge in [0.25, 0.3) is 0 Å². The molecule has 0 spiro atoms. The van der Waals surface area contributed by atoms with Crippen LogP contribution in [0.1, 0.15) is 25.3 Å². The van der Waals surface area contributed by atoms with Gasteiger partial charge in [-0.05, 0) is 48.8 Å². The van der Waals surface area contributed by atoms with Crippen molar-refractivity contribution in [1.29, 1.82) is 0 Å². The second-order valence-corrected chi connectivity index (χ2v) is 6.05. The Morgan fingerprint density at radius 1 is 1.35 bits per heavy atom. The molecule has 2 aliphatic rings. The Bertz CT molecular complexity index is 396. The molecule has 1 saturated carbocycles. The van der Waals surface area contributed by atoms with Crippen molar-refractivity contribution in [3.63, 3.8) is 0 Å². The lowest BCUT2D eigenvalue weighted by molar-refractivity contribution is 0.434. The van der Waals surface area contributed by atoms with Crippen LogP contribution in [-0.2, 0) is 6.42 Å². The minimum atomic E-state index is 0.625. The molecule has 0 amide bonds. The lowest BCUT2D eigenvalue weighted by Gasteiger charge is -2.26. The molecule has 1 aliphatic heterocycles. The van der Waals surface area contributed by atoms with E-state index in [2.05, 4.69) is 41.8 Å². The first-order valence-electron chi connectivity index (χ1n) is 6.78. The van der Waals surface area contributed by atoms with E-state index in [0.29, 0.717) is 5.41 Å². The van der Waals surface area contributed by atoms with Crippen molar-refractivity contribution < 1.29 is 0 Å². The molecule has 3 rings (SSSR count). The van der Waals surface area contributed by atoms with E-state index in [4.69, 9.17) is 0 Å². The molecule has 1 heterocycles. The van der Waals surface area contributed by atoms with Gasteiger partial charge in [0.15, 0.2) is 0 Å². The molecular formula is C15H22N2. The number of hydrogen-bond acceptors (Lipinski definition) is 2. The number of fused-ring (bicyclic) bond motifs is 1. The molecular weight excluding hydrogens is 208 g/mol. The molecule has 92 valence electrons. The molecule has 1 atom stereocenters. The van der Waals surface area contributed by atoms with Crippen LogP contribution in [0.2, 0.25) is 0 Å². The highest BCUT2D eigenvalue weighted by molar-refractivity contribution is 5.53. The Labute approximate surface area is 104 Å². The average molecular weight is 230 g/mol. The summed E-state index contributed by atoms with van der Waals surface area (Å²) < 4.78 is 0. The topological polar surface area (TPSA) is 24.1 Å². The highest BCUT2D eigenvalue weighted by Gasteiger charge is 2.36. The zero-order valence-electron chi connectivity index (χ0n) is 10.6. The lowest BCUT2D eigenvalue weighted by Crippen LogP contribution is -2.34. The van der Waals surface area contributed by atoms with E-state index in [1.54, 1.807) is 0 Å². The molecule has 0 aromatic heterocycles. The summed E-state index contributed by atoms with van der Waals surface area (Å²) >= 11 is 0. The maximum Gasteiger partial charge on any atom is 0.0372 e. The van der Waals surface area contributed by atoms with Gasteiger partial charge in [0, 0.05) is 18.8 Å². The van der Waals surface area contributed by atoms with Crippen molar-refractivity contribution in [3.05, 3.63) is 29.8 Å². The van der Waals surface area contributed by atoms with Gasteiger partial charge in [0.2, 0.25) is 0 Å². The van der Waals surface area contributed by atoms with Crippen LogP contribution >= 0.6 is 0 Å². The van der Waals surface area contributed by atoms with E-state index in [1.165, 1.54) is 37.1 Å². The zero-order chi connectivity index (χ0) is 11.7. The van der Waals surface area contributed by atoms with Crippen molar-refractivity contribution in [3.8, 4) is 0 Å². The first-order chi connectivity index (χ1) is 8.25. The van der Waals surface area contributed by atoms with Crippen LogP contribution in [0.25, 0.3) is 0 Å². The maximum absolute atomic E-state index is 3.65. The monoisotopic (exact) mass is 230 g/mol. The minimum absolute atomic E-state index is 0.625. The number of rotatable bonds is 4. The fourth-order valence-electron chi connectivity index (χ4n) is 2.62. The number of benzene rings is 1. The molecule has 1 aliphatic carbocycles. The van der Waals surface area contributed by atoms with Gasteiger partial charge in [-0.25, -0.2) is 0 Å². The molecule has 0 bridgehead atoms. The quantitative estimate of drug-likeness (QED) is 0.831. The number of hydrogen-bond donors (Lipinski definition) is 2. The summed E-state index contributed by atoms with van der Waals surface area (Å²) in [4.78, 5) is 0. The van der Waals surface area contributed by atoms with Crippen molar-refractivity contribution in [2.75, 3.05) is 25.0 Å². The Morgan fingerprint density at radius 3 is 3.00 bits per heavy atom. The Balaban J connectivity index is 1.50.